The summed E-state index contributed by atoms with van der Waals surface area (Å²) in [4.78, 5) is 33.9. The minimum absolute atomic E-state index is 0.0756. The monoisotopic (exact) mass is 539 g/mol. The number of unbranched alkanes of at least 4 members (excludes halogenated alkanes) is 2. The van der Waals surface area contributed by atoms with Gasteiger partial charge in [0.1, 0.15) is 18.4 Å². The topological polar surface area (TPSA) is 112 Å². The Morgan fingerprint density at radius 3 is 2.58 bits per heavy atom. The van der Waals surface area contributed by atoms with Crippen LogP contribution in [0, 0.1) is 0 Å². The number of nitrogens with one attached hydrogen (secondary N) is 1. The standard InChI is InChI=1S/C31H33N5O4/c1-3-23(37)13-5-4-6-16-27(33-29(38)20-36-19-22-12-8-10-15-26(22)35-36)31-32-18-28(40-31)24-17-21-11-7-9-14-25(21)34-30(24)39-2/h7-12,14-15,17-19,27H,3-6,13,16,20H2,1-2H3,(H,33,38). The number of aromatic nitrogens is 4. The Balaban J connectivity index is 1.34. The quantitative estimate of drug-likeness (QED) is 0.182. The Kier molecular flexibility index (Phi) is 8.49. The van der Waals surface area contributed by atoms with Crippen LogP contribution in [0.3, 0.4) is 0 Å². The molecule has 9 nitrogen and oxygen atoms in total. The molecule has 9 heteroatoms. The maximum Gasteiger partial charge on any atom is 0.242 e. The van der Waals surface area contributed by atoms with Gasteiger partial charge in [0.05, 0.1) is 29.9 Å². The van der Waals surface area contributed by atoms with E-state index in [-0.39, 0.29) is 18.2 Å². The van der Waals surface area contributed by atoms with E-state index in [0.717, 1.165) is 41.1 Å². The van der Waals surface area contributed by atoms with E-state index in [1.165, 1.54) is 0 Å². The number of rotatable bonds is 13. The molecule has 0 aliphatic rings. The van der Waals surface area contributed by atoms with Crippen molar-refractivity contribution in [3.8, 4) is 17.2 Å². The second-order valence-electron chi connectivity index (χ2n) is 9.80. The van der Waals surface area contributed by atoms with Gasteiger partial charge in [-0.2, -0.15) is 5.10 Å². The van der Waals surface area contributed by atoms with Gasteiger partial charge in [-0.15, -0.1) is 0 Å². The first-order valence-electron chi connectivity index (χ1n) is 13.7. The Morgan fingerprint density at radius 2 is 1.80 bits per heavy atom. The van der Waals surface area contributed by atoms with E-state index in [1.807, 2.05) is 67.7 Å². The zero-order chi connectivity index (χ0) is 27.9. The molecule has 0 bridgehead atoms. The lowest BCUT2D eigenvalue weighted by Gasteiger charge is -2.16. The van der Waals surface area contributed by atoms with Gasteiger partial charge >= 0.3 is 0 Å². The van der Waals surface area contributed by atoms with Crippen LogP contribution in [0.15, 0.2) is 71.4 Å². The Bertz CT molecular complexity index is 1590. The van der Waals surface area contributed by atoms with Crippen LogP contribution in [0.2, 0.25) is 0 Å². The number of hydrogen-bond donors (Lipinski definition) is 1. The molecule has 5 aromatic rings. The van der Waals surface area contributed by atoms with Crippen LogP contribution >= 0.6 is 0 Å². The smallest absolute Gasteiger partial charge is 0.242 e. The number of nitrogens with zero attached hydrogens (tertiary/aromatic N) is 4. The van der Waals surface area contributed by atoms with Crippen molar-refractivity contribution in [3.63, 3.8) is 0 Å². The number of ether oxygens (including phenoxy) is 1. The Morgan fingerprint density at radius 1 is 1.02 bits per heavy atom. The summed E-state index contributed by atoms with van der Waals surface area (Å²) in [6.45, 7) is 1.96. The summed E-state index contributed by atoms with van der Waals surface area (Å²) in [5.74, 6) is 1.44. The van der Waals surface area contributed by atoms with Gasteiger partial charge in [-0.25, -0.2) is 9.97 Å². The van der Waals surface area contributed by atoms with Gasteiger partial charge in [-0.3, -0.25) is 14.3 Å². The molecule has 1 atom stereocenters. The summed E-state index contributed by atoms with van der Waals surface area (Å²) in [5, 5.41) is 9.51. The van der Waals surface area contributed by atoms with Crippen LogP contribution in [0.25, 0.3) is 33.1 Å². The van der Waals surface area contributed by atoms with Crippen LogP contribution in [0.4, 0.5) is 0 Å². The first-order chi connectivity index (χ1) is 19.5. The highest BCUT2D eigenvalue weighted by Gasteiger charge is 2.22. The van der Waals surface area contributed by atoms with E-state index in [4.69, 9.17) is 9.15 Å². The summed E-state index contributed by atoms with van der Waals surface area (Å²) in [5.41, 5.74) is 2.34. The van der Waals surface area contributed by atoms with E-state index in [0.29, 0.717) is 42.4 Å². The Hall–Kier alpha value is -4.53. The third-order valence-corrected chi connectivity index (χ3v) is 6.91. The number of amides is 1. The highest BCUT2D eigenvalue weighted by molar-refractivity contribution is 5.85. The zero-order valence-corrected chi connectivity index (χ0v) is 22.8. The number of hydrogen-bond acceptors (Lipinski definition) is 7. The van der Waals surface area contributed by atoms with Crippen molar-refractivity contribution < 1.29 is 18.7 Å². The van der Waals surface area contributed by atoms with Crippen molar-refractivity contribution in [1.82, 2.24) is 25.1 Å². The van der Waals surface area contributed by atoms with Crippen molar-refractivity contribution in [1.29, 1.82) is 0 Å². The number of fused-ring (bicyclic) bond motifs is 2. The molecule has 5 rings (SSSR count). The zero-order valence-electron chi connectivity index (χ0n) is 22.8. The minimum atomic E-state index is -0.437. The molecule has 0 saturated heterocycles. The van der Waals surface area contributed by atoms with E-state index in [2.05, 4.69) is 20.4 Å². The summed E-state index contributed by atoms with van der Waals surface area (Å²) < 4.78 is 13.4. The van der Waals surface area contributed by atoms with Crippen LogP contribution < -0.4 is 10.1 Å². The second kappa shape index (κ2) is 12.5. The maximum absolute atomic E-state index is 13.1. The van der Waals surface area contributed by atoms with Gasteiger partial charge in [-0.05, 0) is 31.0 Å². The number of para-hydroxylation sites is 1. The molecule has 0 fully saturated rings. The average molecular weight is 540 g/mol. The number of ketones is 1. The molecule has 3 aromatic heterocycles. The molecule has 1 unspecified atom stereocenters. The first-order valence-corrected chi connectivity index (χ1v) is 13.7. The molecule has 0 radical (unpaired) electrons. The predicted molar refractivity (Wildman–Crippen MR) is 153 cm³/mol. The van der Waals surface area contributed by atoms with Crippen molar-refractivity contribution in [2.45, 2.75) is 58.0 Å². The van der Waals surface area contributed by atoms with Gasteiger partial charge in [-0.1, -0.05) is 56.2 Å². The molecular formula is C31H33N5O4. The SMILES string of the molecule is CCC(=O)CCCCCC(NC(=O)Cn1cc2ccccc2n1)c1ncc(-c2cc3ccccc3nc2OC)o1. The molecule has 0 spiro atoms. The molecule has 3 heterocycles. The summed E-state index contributed by atoms with van der Waals surface area (Å²) in [6, 6.07) is 17.1. The molecular weight excluding hydrogens is 506 g/mol. The normalized spacial score (nSPS) is 12.1. The Labute approximate surface area is 232 Å². The maximum atomic E-state index is 13.1. The van der Waals surface area contributed by atoms with Gasteiger partial charge in [0.2, 0.25) is 17.7 Å². The molecule has 1 amide bonds. The third-order valence-electron chi connectivity index (χ3n) is 6.91. The lowest BCUT2D eigenvalue weighted by atomic mass is 10.0. The van der Waals surface area contributed by atoms with Crippen LogP contribution in [0.1, 0.15) is 57.4 Å². The molecule has 1 N–H and O–H groups in total. The van der Waals surface area contributed by atoms with Crippen LogP contribution in [0.5, 0.6) is 5.88 Å². The fourth-order valence-electron chi connectivity index (χ4n) is 4.77. The summed E-state index contributed by atoms with van der Waals surface area (Å²) >= 11 is 0. The first kappa shape index (κ1) is 27.1. The molecule has 40 heavy (non-hydrogen) atoms. The van der Waals surface area contributed by atoms with E-state index >= 15 is 0 Å². The highest BCUT2D eigenvalue weighted by atomic mass is 16.5. The van der Waals surface area contributed by atoms with Crippen LogP contribution in [-0.2, 0) is 16.1 Å². The third kappa shape index (κ3) is 6.36. The summed E-state index contributed by atoms with van der Waals surface area (Å²) in [6.07, 6.45) is 7.78. The fraction of sp³-hybridized carbons (Fsp3) is 0.323. The van der Waals surface area contributed by atoms with Crippen molar-refractivity contribution in [2.24, 2.45) is 0 Å². The van der Waals surface area contributed by atoms with Crippen molar-refractivity contribution in [2.75, 3.05) is 7.11 Å². The van der Waals surface area contributed by atoms with E-state index in [1.54, 1.807) is 18.0 Å². The molecule has 206 valence electrons. The van der Waals surface area contributed by atoms with Crippen molar-refractivity contribution >= 4 is 33.5 Å². The number of pyridine rings is 1. The van der Waals surface area contributed by atoms with E-state index in [9.17, 15) is 9.59 Å². The number of carbonyl (C=O) groups excluding carboxylic acids is 2. The van der Waals surface area contributed by atoms with Gasteiger partial charge in [0.25, 0.3) is 0 Å². The van der Waals surface area contributed by atoms with Gasteiger partial charge < -0.3 is 14.5 Å². The van der Waals surface area contributed by atoms with Crippen molar-refractivity contribution in [3.05, 3.63) is 72.9 Å². The summed E-state index contributed by atoms with van der Waals surface area (Å²) in [7, 11) is 1.57. The fourth-order valence-corrected chi connectivity index (χ4v) is 4.77. The van der Waals surface area contributed by atoms with E-state index < -0.39 is 6.04 Å². The van der Waals surface area contributed by atoms with Gasteiger partial charge in [0.15, 0.2) is 5.76 Å². The number of methoxy groups -OCH3 is 1. The largest absolute Gasteiger partial charge is 0.480 e. The number of carbonyl (C=O) groups is 2. The molecule has 0 aliphatic heterocycles. The highest BCUT2D eigenvalue weighted by Crippen LogP contribution is 2.33. The lowest BCUT2D eigenvalue weighted by Crippen LogP contribution is -2.32. The number of benzene rings is 2. The predicted octanol–water partition coefficient (Wildman–Crippen LogP) is 6.04. The number of Topliss-reactive ketones (excluding diaryl/α,β-unsaturated/α-hetero) is 1. The lowest BCUT2D eigenvalue weighted by molar-refractivity contribution is -0.123. The van der Waals surface area contributed by atoms with Gasteiger partial charge in [0, 0.05) is 29.8 Å². The average Bonchev–Trinajstić information content (AvgIpc) is 3.62. The minimum Gasteiger partial charge on any atom is -0.480 e. The van der Waals surface area contributed by atoms with Crippen LogP contribution in [-0.4, -0.2) is 38.5 Å². The molecule has 0 aliphatic carbocycles. The number of oxazole rings is 1. The molecule has 2 aromatic carbocycles. The second-order valence-corrected chi connectivity index (χ2v) is 9.80. The molecule has 0 saturated carbocycles.